The molecule has 0 aliphatic carbocycles. The number of amides is 1. The lowest BCUT2D eigenvalue weighted by Crippen LogP contribution is -3.12. The number of benzene rings is 2. The summed E-state index contributed by atoms with van der Waals surface area (Å²) in [5.74, 6) is 0.493. The zero-order chi connectivity index (χ0) is 19.2. The van der Waals surface area contributed by atoms with Crippen molar-refractivity contribution in [1.29, 1.82) is 0 Å². The topological polar surface area (TPSA) is 52.0 Å². The lowest BCUT2D eigenvalue weighted by atomic mass is 10.2. The highest BCUT2D eigenvalue weighted by molar-refractivity contribution is 9.11. The molecule has 1 aliphatic rings. The molecule has 5 nitrogen and oxygen atoms in total. The van der Waals surface area contributed by atoms with Crippen molar-refractivity contribution in [3.8, 4) is 5.75 Å². The van der Waals surface area contributed by atoms with Crippen LogP contribution in [0.5, 0.6) is 5.75 Å². The number of hydrogen-bond donors (Lipinski definition) is 2. The Morgan fingerprint density at radius 3 is 2.56 bits per heavy atom. The molecule has 7 heteroatoms. The van der Waals surface area contributed by atoms with Gasteiger partial charge in [-0.3, -0.25) is 4.79 Å². The van der Waals surface area contributed by atoms with Gasteiger partial charge in [0, 0.05) is 15.7 Å². The number of rotatable bonds is 6. The minimum Gasteiger partial charge on any atom is -0.482 e. The van der Waals surface area contributed by atoms with Crippen LogP contribution >= 0.6 is 31.9 Å². The van der Waals surface area contributed by atoms with Gasteiger partial charge in [0.2, 0.25) is 0 Å². The number of hydrogen-bond acceptors (Lipinski definition) is 3. The first-order valence-electron chi connectivity index (χ1n) is 8.90. The van der Waals surface area contributed by atoms with Gasteiger partial charge < -0.3 is 19.7 Å². The van der Waals surface area contributed by atoms with Gasteiger partial charge in [0.1, 0.15) is 25.4 Å². The summed E-state index contributed by atoms with van der Waals surface area (Å²) < 4.78 is 12.9. The Morgan fingerprint density at radius 2 is 1.89 bits per heavy atom. The van der Waals surface area contributed by atoms with Crippen molar-refractivity contribution < 1.29 is 19.2 Å². The number of anilines is 1. The fourth-order valence-corrected chi connectivity index (χ4v) is 4.59. The summed E-state index contributed by atoms with van der Waals surface area (Å²) in [4.78, 5) is 13.7. The van der Waals surface area contributed by atoms with E-state index >= 15 is 0 Å². The van der Waals surface area contributed by atoms with Crippen molar-refractivity contribution in [2.24, 2.45) is 0 Å². The molecule has 0 unspecified atom stereocenters. The van der Waals surface area contributed by atoms with Crippen LogP contribution in [-0.2, 0) is 16.1 Å². The number of carbonyl (C=O) groups is 1. The Morgan fingerprint density at radius 1 is 1.19 bits per heavy atom. The van der Waals surface area contributed by atoms with E-state index in [-0.39, 0.29) is 12.5 Å². The average Bonchev–Trinajstić information content (AvgIpc) is 2.63. The van der Waals surface area contributed by atoms with Crippen LogP contribution in [0.2, 0.25) is 0 Å². The Hall–Kier alpha value is -1.41. The number of halogens is 2. The first-order chi connectivity index (χ1) is 13.0. The van der Waals surface area contributed by atoms with Crippen LogP contribution in [-0.4, -0.2) is 38.8 Å². The quantitative estimate of drug-likeness (QED) is 0.643. The fourth-order valence-electron chi connectivity index (χ4n) is 3.04. The van der Waals surface area contributed by atoms with E-state index in [1.54, 1.807) is 0 Å². The molecule has 0 spiro atoms. The monoisotopic (exact) mass is 497 g/mol. The van der Waals surface area contributed by atoms with Gasteiger partial charge in [-0.25, -0.2) is 0 Å². The minimum absolute atomic E-state index is 0.0409. The largest absolute Gasteiger partial charge is 0.482 e. The van der Waals surface area contributed by atoms with Gasteiger partial charge in [-0.1, -0.05) is 28.1 Å². The third-order valence-electron chi connectivity index (χ3n) is 4.43. The number of quaternary nitrogens is 1. The summed E-state index contributed by atoms with van der Waals surface area (Å²) in [6.07, 6.45) is 0. The van der Waals surface area contributed by atoms with Gasteiger partial charge in [-0.15, -0.1) is 0 Å². The van der Waals surface area contributed by atoms with Gasteiger partial charge in [0.15, 0.2) is 6.61 Å². The number of nitrogens with one attached hydrogen (secondary N) is 2. The van der Waals surface area contributed by atoms with Crippen molar-refractivity contribution >= 4 is 43.5 Å². The lowest BCUT2D eigenvalue weighted by Gasteiger charge is -2.23. The molecule has 1 fully saturated rings. The number of morpholine rings is 1. The van der Waals surface area contributed by atoms with Crippen LogP contribution in [0.1, 0.15) is 11.1 Å². The molecule has 0 radical (unpaired) electrons. The van der Waals surface area contributed by atoms with E-state index in [4.69, 9.17) is 9.47 Å². The predicted octanol–water partition coefficient (Wildman–Crippen LogP) is 2.95. The molecule has 0 aromatic heterocycles. The molecule has 2 aromatic carbocycles. The number of carbonyl (C=O) groups excluding carboxylic acids is 1. The molecule has 27 heavy (non-hydrogen) atoms. The maximum absolute atomic E-state index is 12.2. The van der Waals surface area contributed by atoms with Crippen molar-refractivity contribution in [3.63, 3.8) is 0 Å². The van der Waals surface area contributed by atoms with Gasteiger partial charge in [-0.05, 0) is 52.7 Å². The summed E-state index contributed by atoms with van der Waals surface area (Å²) >= 11 is 6.90. The van der Waals surface area contributed by atoms with Crippen LogP contribution in [0.4, 0.5) is 5.69 Å². The van der Waals surface area contributed by atoms with Crippen LogP contribution in [0.25, 0.3) is 0 Å². The SMILES string of the molecule is Cc1cc(Br)cc(Br)c1OCC(=O)Nc1ccc(C[NH+]2CCOCC2)cc1. The van der Waals surface area contributed by atoms with Gasteiger partial charge in [-0.2, -0.15) is 0 Å². The second kappa shape index (κ2) is 9.68. The third-order valence-corrected chi connectivity index (χ3v) is 5.48. The standard InChI is InChI=1S/C20H22Br2N2O3/c1-14-10-16(21)11-18(22)20(14)27-13-19(25)23-17-4-2-15(3-5-17)12-24-6-8-26-9-7-24/h2-5,10-11H,6-9,12-13H2,1H3,(H,23,25)/p+1. The third kappa shape index (κ3) is 6.04. The van der Waals surface area contributed by atoms with E-state index in [1.165, 1.54) is 10.5 Å². The summed E-state index contributed by atoms with van der Waals surface area (Å²) in [7, 11) is 0. The van der Waals surface area contributed by atoms with Gasteiger partial charge in [0.25, 0.3) is 5.91 Å². The second-order valence-corrected chi connectivity index (χ2v) is 8.38. The molecule has 1 aliphatic heterocycles. The van der Waals surface area contributed by atoms with E-state index in [0.29, 0.717) is 5.75 Å². The molecule has 0 atom stereocenters. The zero-order valence-electron chi connectivity index (χ0n) is 15.2. The molecule has 1 amide bonds. The van der Waals surface area contributed by atoms with E-state index < -0.39 is 0 Å². The summed E-state index contributed by atoms with van der Waals surface area (Å²) in [5, 5.41) is 2.88. The second-order valence-electron chi connectivity index (χ2n) is 6.61. The normalized spacial score (nSPS) is 14.8. The van der Waals surface area contributed by atoms with E-state index in [1.807, 2.05) is 31.2 Å². The highest BCUT2D eigenvalue weighted by Crippen LogP contribution is 2.32. The molecule has 3 rings (SSSR count). The first kappa shape index (κ1) is 20.3. The van der Waals surface area contributed by atoms with Crippen LogP contribution in [0.15, 0.2) is 45.3 Å². The molecule has 1 saturated heterocycles. The highest BCUT2D eigenvalue weighted by atomic mass is 79.9. The Bertz CT molecular complexity index is 767. The number of ether oxygens (including phenoxy) is 2. The van der Waals surface area contributed by atoms with Crippen molar-refractivity contribution in [3.05, 3.63) is 56.5 Å². The van der Waals surface area contributed by atoms with Gasteiger partial charge >= 0.3 is 0 Å². The van der Waals surface area contributed by atoms with Crippen LogP contribution in [0.3, 0.4) is 0 Å². The van der Waals surface area contributed by atoms with E-state index in [0.717, 1.165) is 53.0 Å². The highest BCUT2D eigenvalue weighted by Gasteiger charge is 2.14. The molecule has 0 bridgehead atoms. The Kier molecular flexibility index (Phi) is 7.29. The summed E-state index contributed by atoms with van der Waals surface area (Å²) in [6, 6.07) is 11.9. The van der Waals surface area contributed by atoms with Gasteiger partial charge in [0.05, 0.1) is 17.7 Å². The Balaban J connectivity index is 1.50. The van der Waals surface area contributed by atoms with Crippen molar-refractivity contribution in [1.82, 2.24) is 0 Å². The van der Waals surface area contributed by atoms with Crippen LogP contribution in [0, 0.1) is 6.92 Å². The summed E-state index contributed by atoms with van der Waals surface area (Å²) in [6.45, 7) is 6.63. The van der Waals surface area contributed by atoms with Crippen molar-refractivity contribution in [2.75, 3.05) is 38.2 Å². The maximum atomic E-state index is 12.2. The minimum atomic E-state index is -0.184. The zero-order valence-corrected chi connectivity index (χ0v) is 18.4. The summed E-state index contributed by atoms with van der Waals surface area (Å²) in [5.41, 5.74) is 2.99. The molecule has 2 N–H and O–H groups in total. The predicted molar refractivity (Wildman–Crippen MR) is 112 cm³/mol. The molecule has 1 heterocycles. The average molecular weight is 499 g/mol. The number of aryl methyl sites for hydroxylation is 1. The van der Waals surface area contributed by atoms with Crippen molar-refractivity contribution in [2.45, 2.75) is 13.5 Å². The first-order valence-corrected chi connectivity index (χ1v) is 10.5. The lowest BCUT2D eigenvalue weighted by molar-refractivity contribution is -0.921. The molecular formula is C20H23Br2N2O3+. The Labute approximate surface area is 176 Å². The fraction of sp³-hybridized carbons (Fsp3) is 0.350. The maximum Gasteiger partial charge on any atom is 0.262 e. The molecule has 144 valence electrons. The molecule has 0 saturated carbocycles. The van der Waals surface area contributed by atoms with E-state index in [9.17, 15) is 4.79 Å². The van der Waals surface area contributed by atoms with E-state index in [2.05, 4.69) is 49.3 Å². The van der Waals surface area contributed by atoms with Crippen LogP contribution < -0.4 is 15.0 Å². The molecule has 2 aromatic rings. The smallest absolute Gasteiger partial charge is 0.262 e. The molecular weight excluding hydrogens is 476 g/mol.